The highest BCUT2D eigenvalue weighted by Gasteiger charge is 2.30. The number of rotatable bonds is 8. The molecule has 0 aliphatic heterocycles. The fourth-order valence-electron chi connectivity index (χ4n) is 3.38. The molecule has 0 fully saturated rings. The first-order valence-corrected chi connectivity index (χ1v) is 10.1. The van der Waals surface area contributed by atoms with E-state index in [0.717, 1.165) is 35.7 Å². The van der Waals surface area contributed by atoms with Crippen molar-refractivity contribution < 1.29 is 27.8 Å². The van der Waals surface area contributed by atoms with E-state index in [1.54, 1.807) is 30.3 Å². The Kier molecular flexibility index (Phi) is 7.17. The molecule has 3 rings (SSSR count). The van der Waals surface area contributed by atoms with Crippen molar-refractivity contribution in [3.05, 3.63) is 71.8 Å². The molecule has 164 valence electrons. The van der Waals surface area contributed by atoms with Crippen molar-refractivity contribution in [2.75, 3.05) is 6.61 Å². The van der Waals surface area contributed by atoms with Crippen LogP contribution in [0, 0.1) is 0 Å². The Morgan fingerprint density at radius 2 is 1.81 bits per heavy atom. The summed E-state index contributed by atoms with van der Waals surface area (Å²) < 4.78 is 44.0. The Morgan fingerprint density at radius 3 is 2.45 bits per heavy atom. The lowest BCUT2D eigenvalue weighted by Crippen LogP contribution is -2.35. The number of amides is 1. The summed E-state index contributed by atoms with van der Waals surface area (Å²) >= 11 is 0. The molecule has 31 heavy (non-hydrogen) atoms. The van der Waals surface area contributed by atoms with Gasteiger partial charge in [0, 0.05) is 23.6 Å². The molecule has 0 aliphatic rings. The van der Waals surface area contributed by atoms with Gasteiger partial charge < -0.3 is 15.2 Å². The number of aliphatic hydroxyl groups is 1. The third-order valence-corrected chi connectivity index (χ3v) is 4.96. The summed E-state index contributed by atoms with van der Waals surface area (Å²) in [4.78, 5) is 12.6. The number of nitrogens with one attached hydrogen (secondary N) is 1. The van der Waals surface area contributed by atoms with Crippen LogP contribution in [0.15, 0.2) is 60.7 Å². The molecular weight excluding hydrogens is 407 g/mol. The smallest absolute Gasteiger partial charge is 0.416 e. The van der Waals surface area contributed by atoms with Crippen molar-refractivity contribution in [2.24, 2.45) is 0 Å². The highest BCUT2D eigenvalue weighted by Crippen LogP contribution is 2.33. The lowest BCUT2D eigenvalue weighted by Gasteiger charge is -2.17. The minimum Gasteiger partial charge on any atom is -0.457 e. The molecule has 1 amide bonds. The average Bonchev–Trinajstić information content (AvgIpc) is 2.73. The molecule has 4 nitrogen and oxygen atoms in total. The second kappa shape index (κ2) is 9.83. The van der Waals surface area contributed by atoms with Gasteiger partial charge in [-0.25, -0.2) is 0 Å². The summed E-state index contributed by atoms with van der Waals surface area (Å²) in [7, 11) is 0. The molecule has 2 N–H and O–H groups in total. The van der Waals surface area contributed by atoms with Gasteiger partial charge in [-0.3, -0.25) is 4.79 Å². The number of halogens is 3. The first kappa shape index (κ1) is 22.6. The molecule has 0 spiro atoms. The Hall–Kier alpha value is -3.06. The molecule has 7 heteroatoms. The minimum absolute atomic E-state index is 0.00726. The molecule has 1 atom stereocenters. The number of carbonyl (C=O) groups is 1. The normalized spacial score (nSPS) is 12.5. The SMILES string of the molecule is CCCC(CCO)NC(=O)c1ccc2c(Oc3ccc(C(F)(F)F)cc3)cccc2c1. The lowest BCUT2D eigenvalue weighted by molar-refractivity contribution is -0.137. The summed E-state index contributed by atoms with van der Waals surface area (Å²) in [5.41, 5.74) is -0.255. The van der Waals surface area contributed by atoms with Crippen LogP contribution in [0.2, 0.25) is 0 Å². The van der Waals surface area contributed by atoms with Crippen LogP contribution >= 0.6 is 0 Å². The molecule has 0 aromatic heterocycles. The van der Waals surface area contributed by atoms with E-state index in [-0.39, 0.29) is 24.3 Å². The molecule has 0 heterocycles. The van der Waals surface area contributed by atoms with Gasteiger partial charge >= 0.3 is 6.18 Å². The van der Waals surface area contributed by atoms with Crippen LogP contribution in [0.5, 0.6) is 11.5 Å². The van der Waals surface area contributed by atoms with E-state index in [9.17, 15) is 23.1 Å². The Balaban J connectivity index is 1.80. The number of fused-ring (bicyclic) bond motifs is 1. The van der Waals surface area contributed by atoms with Crippen LogP contribution < -0.4 is 10.1 Å². The molecule has 0 bridgehead atoms. The number of alkyl halides is 3. The summed E-state index contributed by atoms with van der Waals surface area (Å²) in [6.45, 7) is 2.03. The van der Waals surface area contributed by atoms with E-state index in [1.807, 2.05) is 13.0 Å². The van der Waals surface area contributed by atoms with Crippen molar-refractivity contribution in [2.45, 2.75) is 38.4 Å². The zero-order valence-electron chi connectivity index (χ0n) is 17.1. The van der Waals surface area contributed by atoms with Gasteiger partial charge in [0.25, 0.3) is 5.91 Å². The molecule has 0 radical (unpaired) electrons. The van der Waals surface area contributed by atoms with Gasteiger partial charge in [0.1, 0.15) is 11.5 Å². The van der Waals surface area contributed by atoms with Crippen LogP contribution in [0.4, 0.5) is 13.2 Å². The molecule has 3 aromatic rings. The van der Waals surface area contributed by atoms with Crippen molar-refractivity contribution in [3.63, 3.8) is 0 Å². The van der Waals surface area contributed by atoms with Crippen LogP contribution in [0.3, 0.4) is 0 Å². The first-order chi connectivity index (χ1) is 14.8. The fraction of sp³-hybridized carbons (Fsp3) is 0.292. The molecule has 0 saturated carbocycles. The highest BCUT2D eigenvalue weighted by molar-refractivity contribution is 6.00. The minimum atomic E-state index is -4.40. The van der Waals surface area contributed by atoms with Crippen molar-refractivity contribution in [3.8, 4) is 11.5 Å². The van der Waals surface area contributed by atoms with E-state index >= 15 is 0 Å². The third kappa shape index (κ3) is 5.76. The predicted octanol–water partition coefficient (Wildman–Crippen LogP) is 5.93. The summed E-state index contributed by atoms with van der Waals surface area (Å²) in [6.07, 6.45) is -2.22. The van der Waals surface area contributed by atoms with Crippen molar-refractivity contribution >= 4 is 16.7 Å². The average molecular weight is 431 g/mol. The predicted molar refractivity (Wildman–Crippen MR) is 113 cm³/mol. The summed E-state index contributed by atoms with van der Waals surface area (Å²) in [5.74, 6) is 0.546. The molecule has 0 saturated heterocycles. The number of carbonyl (C=O) groups excluding carboxylic acids is 1. The zero-order valence-corrected chi connectivity index (χ0v) is 17.1. The Labute approximate surface area is 178 Å². The van der Waals surface area contributed by atoms with Gasteiger partial charge in [-0.2, -0.15) is 13.2 Å². The Morgan fingerprint density at radius 1 is 1.06 bits per heavy atom. The second-order valence-electron chi connectivity index (χ2n) is 7.29. The van der Waals surface area contributed by atoms with Gasteiger partial charge in [0.15, 0.2) is 0 Å². The van der Waals surface area contributed by atoms with Crippen LogP contribution in [0.25, 0.3) is 10.8 Å². The van der Waals surface area contributed by atoms with Gasteiger partial charge in [-0.05, 0) is 66.8 Å². The number of benzene rings is 3. The molecule has 1 unspecified atom stereocenters. The topological polar surface area (TPSA) is 58.6 Å². The quantitative estimate of drug-likeness (QED) is 0.465. The monoisotopic (exact) mass is 431 g/mol. The fourth-order valence-corrected chi connectivity index (χ4v) is 3.38. The van der Waals surface area contributed by atoms with Gasteiger partial charge in [0.2, 0.25) is 0 Å². The zero-order chi connectivity index (χ0) is 22.4. The molecular formula is C24H24F3NO3. The number of hydrogen-bond acceptors (Lipinski definition) is 3. The Bertz CT molecular complexity index is 1030. The van der Waals surface area contributed by atoms with E-state index in [2.05, 4.69) is 5.32 Å². The maximum Gasteiger partial charge on any atom is 0.416 e. The van der Waals surface area contributed by atoms with E-state index in [0.29, 0.717) is 17.7 Å². The standard InChI is InChI=1S/C24H24F3NO3/c1-2-4-19(13-14-29)28-23(30)17-7-12-21-16(15-17)5-3-6-22(21)31-20-10-8-18(9-11-20)24(25,26)27/h3,5-12,15,19,29H,2,4,13-14H2,1H3,(H,28,30). The van der Waals surface area contributed by atoms with Gasteiger partial charge in [0.05, 0.1) is 5.56 Å². The molecule has 0 aliphatic carbocycles. The molecule has 3 aromatic carbocycles. The summed E-state index contributed by atoms with van der Waals surface area (Å²) in [6, 6.07) is 14.9. The first-order valence-electron chi connectivity index (χ1n) is 10.1. The maximum atomic E-state index is 12.7. The number of hydrogen-bond donors (Lipinski definition) is 2. The van der Waals surface area contributed by atoms with Crippen molar-refractivity contribution in [1.82, 2.24) is 5.32 Å². The van der Waals surface area contributed by atoms with Gasteiger partial charge in [-0.1, -0.05) is 25.5 Å². The second-order valence-corrected chi connectivity index (χ2v) is 7.29. The third-order valence-electron chi connectivity index (χ3n) is 4.96. The van der Waals surface area contributed by atoms with E-state index in [4.69, 9.17) is 4.74 Å². The largest absolute Gasteiger partial charge is 0.457 e. The van der Waals surface area contributed by atoms with Crippen LogP contribution in [0.1, 0.15) is 42.1 Å². The van der Waals surface area contributed by atoms with Gasteiger partial charge in [-0.15, -0.1) is 0 Å². The number of ether oxygens (including phenoxy) is 1. The van der Waals surface area contributed by atoms with E-state index < -0.39 is 11.7 Å². The highest BCUT2D eigenvalue weighted by atomic mass is 19.4. The van der Waals surface area contributed by atoms with E-state index in [1.165, 1.54) is 12.1 Å². The number of aliphatic hydroxyl groups excluding tert-OH is 1. The lowest BCUT2D eigenvalue weighted by atomic mass is 10.0. The van der Waals surface area contributed by atoms with Crippen LogP contribution in [-0.4, -0.2) is 23.7 Å². The summed E-state index contributed by atoms with van der Waals surface area (Å²) in [5, 5.41) is 13.6. The van der Waals surface area contributed by atoms with Crippen molar-refractivity contribution in [1.29, 1.82) is 0 Å². The maximum absolute atomic E-state index is 12.7. The van der Waals surface area contributed by atoms with Crippen LogP contribution in [-0.2, 0) is 6.18 Å².